The van der Waals surface area contributed by atoms with Crippen molar-refractivity contribution in [3.8, 4) is 11.3 Å². The minimum absolute atomic E-state index is 0.134. The molecule has 0 saturated heterocycles. The van der Waals surface area contributed by atoms with Crippen molar-refractivity contribution < 1.29 is 0 Å². The van der Waals surface area contributed by atoms with Crippen molar-refractivity contribution in [3.63, 3.8) is 0 Å². The number of hydrogen-bond acceptors (Lipinski definition) is 1. The highest BCUT2D eigenvalue weighted by molar-refractivity contribution is 5.67. The first-order valence-electron chi connectivity index (χ1n) is 7.34. The lowest BCUT2D eigenvalue weighted by Crippen LogP contribution is -2.19. The van der Waals surface area contributed by atoms with Crippen molar-refractivity contribution in [2.45, 2.75) is 26.3 Å². The summed E-state index contributed by atoms with van der Waals surface area (Å²) in [6, 6.07) is 20.4. The third-order valence-electron chi connectivity index (χ3n) is 3.82. The first kappa shape index (κ1) is 13.6. The number of rotatable bonds is 3. The van der Waals surface area contributed by atoms with Gasteiger partial charge >= 0.3 is 0 Å². The van der Waals surface area contributed by atoms with Gasteiger partial charge in [-0.05, 0) is 25.5 Å². The zero-order valence-electron chi connectivity index (χ0n) is 12.4. The second kappa shape index (κ2) is 5.57. The number of fused-ring (bicyclic) bond motifs is 1. The summed E-state index contributed by atoms with van der Waals surface area (Å²) in [5.41, 5.74) is 4.27. The Labute approximate surface area is 125 Å². The van der Waals surface area contributed by atoms with E-state index in [0.29, 0.717) is 6.42 Å². The van der Waals surface area contributed by atoms with Gasteiger partial charge in [-0.3, -0.25) is 4.79 Å². The van der Waals surface area contributed by atoms with E-state index in [9.17, 15) is 4.79 Å². The van der Waals surface area contributed by atoms with E-state index in [1.165, 1.54) is 5.56 Å². The zero-order valence-corrected chi connectivity index (χ0v) is 12.4. The SMILES string of the molecule is CC(C)n1c2cccccc-2c(Cc2ccccc2)c1=O. The maximum Gasteiger partial charge on any atom is 0.255 e. The van der Waals surface area contributed by atoms with Crippen LogP contribution in [-0.4, -0.2) is 4.57 Å². The van der Waals surface area contributed by atoms with Gasteiger partial charge in [0.25, 0.3) is 5.56 Å². The Balaban J connectivity index is 2.20. The second-order valence-electron chi connectivity index (χ2n) is 5.62. The van der Waals surface area contributed by atoms with E-state index in [4.69, 9.17) is 0 Å². The van der Waals surface area contributed by atoms with Crippen LogP contribution in [0.4, 0.5) is 0 Å². The van der Waals surface area contributed by atoms with Crippen LogP contribution in [0.5, 0.6) is 0 Å². The molecule has 106 valence electrons. The molecule has 1 heterocycles. The lowest BCUT2D eigenvalue weighted by atomic mass is 10.0. The van der Waals surface area contributed by atoms with Gasteiger partial charge in [0.15, 0.2) is 0 Å². The average Bonchev–Trinajstić information content (AvgIpc) is 2.64. The third kappa shape index (κ3) is 2.49. The van der Waals surface area contributed by atoms with Crippen molar-refractivity contribution in [1.82, 2.24) is 4.57 Å². The third-order valence-corrected chi connectivity index (χ3v) is 3.82. The van der Waals surface area contributed by atoms with E-state index in [2.05, 4.69) is 26.0 Å². The molecule has 21 heavy (non-hydrogen) atoms. The topological polar surface area (TPSA) is 22.0 Å². The van der Waals surface area contributed by atoms with Gasteiger partial charge in [-0.25, -0.2) is 0 Å². The first-order chi connectivity index (χ1) is 10.2. The van der Waals surface area contributed by atoms with Crippen molar-refractivity contribution in [2.24, 2.45) is 0 Å². The molecule has 0 spiro atoms. The minimum Gasteiger partial charge on any atom is -0.305 e. The summed E-state index contributed by atoms with van der Waals surface area (Å²) in [5, 5.41) is 0. The predicted octanol–water partition coefficient (Wildman–Crippen LogP) is 4.12. The van der Waals surface area contributed by atoms with Crippen molar-refractivity contribution in [3.05, 3.63) is 82.1 Å². The Kier molecular flexibility index (Phi) is 3.61. The average molecular weight is 277 g/mol. The summed E-state index contributed by atoms with van der Waals surface area (Å²) in [6.45, 7) is 4.11. The van der Waals surface area contributed by atoms with E-state index >= 15 is 0 Å². The molecule has 0 saturated carbocycles. The largest absolute Gasteiger partial charge is 0.305 e. The Hall–Kier alpha value is -2.35. The lowest BCUT2D eigenvalue weighted by Gasteiger charge is -2.08. The Morgan fingerprint density at radius 2 is 1.52 bits per heavy atom. The van der Waals surface area contributed by atoms with E-state index in [-0.39, 0.29) is 11.6 Å². The molecule has 1 aromatic carbocycles. The predicted molar refractivity (Wildman–Crippen MR) is 87.0 cm³/mol. The van der Waals surface area contributed by atoms with Gasteiger partial charge in [0, 0.05) is 23.6 Å². The Bertz CT molecular complexity index is 771. The summed E-state index contributed by atoms with van der Waals surface area (Å²) in [4.78, 5) is 12.8. The van der Waals surface area contributed by atoms with Crippen molar-refractivity contribution in [2.75, 3.05) is 0 Å². The number of hydrogen-bond donors (Lipinski definition) is 0. The summed E-state index contributed by atoms with van der Waals surface area (Å²) in [6.07, 6.45) is 0.680. The van der Waals surface area contributed by atoms with E-state index in [1.54, 1.807) is 0 Å². The van der Waals surface area contributed by atoms with Crippen LogP contribution in [0.1, 0.15) is 31.0 Å². The van der Waals surface area contributed by atoms with E-state index < -0.39 is 0 Å². The Morgan fingerprint density at radius 3 is 2.19 bits per heavy atom. The molecule has 0 amide bonds. The van der Waals surface area contributed by atoms with Gasteiger partial charge < -0.3 is 4.57 Å². The summed E-state index contributed by atoms with van der Waals surface area (Å²) < 4.78 is 1.90. The van der Waals surface area contributed by atoms with E-state index in [0.717, 1.165) is 16.8 Å². The molecule has 1 aromatic rings. The monoisotopic (exact) mass is 277 g/mol. The molecular formula is C19H19NO. The highest BCUT2D eigenvalue weighted by Gasteiger charge is 2.20. The van der Waals surface area contributed by atoms with Crippen LogP contribution < -0.4 is 5.56 Å². The molecule has 2 nitrogen and oxygen atoms in total. The second-order valence-corrected chi connectivity index (χ2v) is 5.62. The van der Waals surface area contributed by atoms with Gasteiger partial charge in [-0.2, -0.15) is 0 Å². The fourth-order valence-electron chi connectivity index (χ4n) is 2.86. The van der Waals surface area contributed by atoms with Crippen molar-refractivity contribution in [1.29, 1.82) is 0 Å². The van der Waals surface area contributed by atoms with Gasteiger partial charge in [0.2, 0.25) is 0 Å². The molecule has 0 fully saturated rings. The maximum atomic E-state index is 12.8. The molecule has 0 bridgehead atoms. The van der Waals surface area contributed by atoms with Crippen LogP contribution >= 0.6 is 0 Å². The van der Waals surface area contributed by atoms with Gasteiger partial charge in [-0.15, -0.1) is 0 Å². The lowest BCUT2D eigenvalue weighted by molar-refractivity contribution is 0.592. The van der Waals surface area contributed by atoms with E-state index in [1.807, 2.05) is 53.1 Å². The van der Waals surface area contributed by atoms with Crippen LogP contribution in [0, 0.1) is 0 Å². The summed E-state index contributed by atoms with van der Waals surface area (Å²) >= 11 is 0. The molecular weight excluding hydrogens is 258 g/mol. The number of benzene rings is 1. The standard InChI is InChI=1S/C19H19NO/c1-14(2)20-18-12-8-4-7-11-16(18)17(19(20)21)13-15-9-5-3-6-10-15/h3-12,14H,13H2,1-2H3. The summed E-state index contributed by atoms with van der Waals surface area (Å²) in [5.74, 6) is 0. The molecule has 3 rings (SSSR count). The van der Waals surface area contributed by atoms with Crippen LogP contribution in [0.25, 0.3) is 11.3 Å². The van der Waals surface area contributed by atoms with Gasteiger partial charge in [-0.1, -0.05) is 54.6 Å². The minimum atomic E-state index is 0.134. The molecule has 2 heteroatoms. The normalized spacial score (nSPS) is 11.2. The fourth-order valence-corrected chi connectivity index (χ4v) is 2.86. The van der Waals surface area contributed by atoms with Gasteiger partial charge in [0.1, 0.15) is 0 Å². The van der Waals surface area contributed by atoms with Crippen LogP contribution in [0.15, 0.2) is 65.5 Å². The van der Waals surface area contributed by atoms with Crippen LogP contribution in [-0.2, 0) is 6.42 Å². The molecule has 0 radical (unpaired) electrons. The molecule has 0 atom stereocenters. The fraction of sp³-hybridized carbons (Fsp3) is 0.211. The quantitative estimate of drug-likeness (QED) is 0.705. The molecule has 0 N–H and O–H groups in total. The van der Waals surface area contributed by atoms with Crippen LogP contribution in [0.3, 0.4) is 0 Å². The zero-order chi connectivity index (χ0) is 14.8. The molecule has 1 aliphatic heterocycles. The highest BCUT2D eigenvalue weighted by Crippen LogP contribution is 2.27. The van der Waals surface area contributed by atoms with Crippen LogP contribution in [0.2, 0.25) is 0 Å². The number of nitrogens with zero attached hydrogens (tertiary/aromatic N) is 1. The summed E-state index contributed by atoms with van der Waals surface area (Å²) in [7, 11) is 0. The molecule has 2 aliphatic rings. The smallest absolute Gasteiger partial charge is 0.255 e. The first-order valence-corrected chi connectivity index (χ1v) is 7.34. The highest BCUT2D eigenvalue weighted by atomic mass is 16.1. The Morgan fingerprint density at radius 1 is 0.905 bits per heavy atom. The molecule has 1 aliphatic carbocycles. The molecule has 0 aromatic heterocycles. The van der Waals surface area contributed by atoms with Gasteiger partial charge in [0.05, 0.1) is 5.69 Å². The maximum absolute atomic E-state index is 12.8. The van der Waals surface area contributed by atoms with Crippen molar-refractivity contribution >= 4 is 0 Å². The number of aromatic nitrogens is 1. The molecule has 0 unspecified atom stereocenters.